The van der Waals surface area contributed by atoms with Gasteiger partial charge in [0.05, 0.1) is 10.9 Å². The largest absolute Gasteiger partial charge is 0.349 e. The topological polar surface area (TPSA) is 75.3 Å². The Morgan fingerprint density at radius 2 is 1.39 bits per heavy atom. The van der Waals surface area contributed by atoms with E-state index in [1.165, 1.54) is 36.4 Å². The van der Waals surface area contributed by atoms with Gasteiger partial charge in [0.1, 0.15) is 5.82 Å². The highest BCUT2D eigenvalue weighted by Crippen LogP contribution is 2.30. The Morgan fingerprint density at radius 3 is 1.92 bits per heavy atom. The van der Waals surface area contributed by atoms with Crippen molar-refractivity contribution in [3.63, 3.8) is 0 Å². The molecule has 1 fully saturated rings. The van der Waals surface area contributed by atoms with Gasteiger partial charge in [-0.1, -0.05) is 48.5 Å². The number of hydrogen-bond donors (Lipinski definition) is 2. The van der Waals surface area contributed by atoms with Gasteiger partial charge in [0.25, 0.3) is 5.92 Å². The van der Waals surface area contributed by atoms with E-state index in [0.29, 0.717) is 31.2 Å². The second-order valence-electron chi connectivity index (χ2n) is 9.94. The van der Waals surface area contributed by atoms with E-state index in [2.05, 4.69) is 10.0 Å². The molecular formula is C29H31F3N2O3S. The highest BCUT2D eigenvalue weighted by Gasteiger charge is 2.30. The van der Waals surface area contributed by atoms with E-state index in [4.69, 9.17) is 0 Å². The van der Waals surface area contributed by atoms with Crippen LogP contribution in [0, 0.1) is 11.7 Å². The fraction of sp³-hybridized carbons (Fsp3) is 0.345. The van der Waals surface area contributed by atoms with Crippen LogP contribution in [0.4, 0.5) is 13.2 Å². The predicted molar refractivity (Wildman–Crippen MR) is 140 cm³/mol. The van der Waals surface area contributed by atoms with Crippen molar-refractivity contribution < 1.29 is 26.4 Å². The van der Waals surface area contributed by atoms with Crippen molar-refractivity contribution in [2.75, 3.05) is 0 Å². The summed E-state index contributed by atoms with van der Waals surface area (Å²) in [6, 6.07) is 17.7. The van der Waals surface area contributed by atoms with Crippen LogP contribution in [0.1, 0.15) is 56.7 Å². The zero-order valence-corrected chi connectivity index (χ0v) is 22.1. The monoisotopic (exact) mass is 544 g/mol. The van der Waals surface area contributed by atoms with Crippen LogP contribution in [-0.2, 0) is 20.7 Å². The summed E-state index contributed by atoms with van der Waals surface area (Å²) in [6.07, 6.45) is 2.19. The van der Waals surface area contributed by atoms with Gasteiger partial charge < -0.3 is 5.32 Å². The highest BCUT2D eigenvalue weighted by molar-refractivity contribution is 7.89. The van der Waals surface area contributed by atoms with Gasteiger partial charge in [-0.25, -0.2) is 26.3 Å². The summed E-state index contributed by atoms with van der Waals surface area (Å²) >= 11 is 0. The number of rotatable bonds is 8. The number of carbonyl (C=O) groups is 1. The third-order valence-corrected chi connectivity index (χ3v) is 8.57. The standard InChI is InChI=1S/C29H31F3N2O3S/c1-19(20-5-13-25(30)14-6-20)33-28(35)23-7-15-26(16-8-23)34-38(36,37)27-17-9-22(10-18-27)21-3-11-24(12-4-21)29(2,31)32/h3-6,9-14,17-19,23,26,34H,7-8,15-16H2,1-2H3,(H,33,35)/t19-,23?,26?/m1/s1. The quantitative estimate of drug-likeness (QED) is 0.349. The lowest BCUT2D eigenvalue weighted by molar-refractivity contribution is -0.126. The summed E-state index contributed by atoms with van der Waals surface area (Å²) in [4.78, 5) is 12.8. The first kappa shape index (κ1) is 27.9. The van der Waals surface area contributed by atoms with Gasteiger partial charge in [-0.05, 0) is 73.6 Å². The molecule has 0 spiro atoms. The first-order valence-electron chi connectivity index (χ1n) is 12.6. The van der Waals surface area contributed by atoms with Gasteiger partial charge in [0.2, 0.25) is 15.9 Å². The molecule has 0 saturated heterocycles. The van der Waals surface area contributed by atoms with E-state index >= 15 is 0 Å². The van der Waals surface area contributed by atoms with Crippen LogP contribution in [0.15, 0.2) is 77.7 Å². The minimum absolute atomic E-state index is 0.0840. The van der Waals surface area contributed by atoms with Crippen molar-refractivity contribution in [3.8, 4) is 11.1 Å². The molecule has 3 aromatic rings. The van der Waals surface area contributed by atoms with Crippen molar-refractivity contribution in [1.29, 1.82) is 0 Å². The van der Waals surface area contributed by atoms with E-state index in [-0.39, 0.29) is 40.2 Å². The van der Waals surface area contributed by atoms with Crippen LogP contribution >= 0.6 is 0 Å². The molecule has 1 saturated carbocycles. The van der Waals surface area contributed by atoms with Crippen LogP contribution < -0.4 is 10.0 Å². The van der Waals surface area contributed by atoms with Crippen molar-refractivity contribution >= 4 is 15.9 Å². The molecule has 1 amide bonds. The molecule has 9 heteroatoms. The molecule has 38 heavy (non-hydrogen) atoms. The molecular weight excluding hydrogens is 513 g/mol. The Balaban J connectivity index is 1.30. The summed E-state index contributed by atoms with van der Waals surface area (Å²) in [5, 5.41) is 2.97. The minimum atomic E-state index is -3.76. The van der Waals surface area contributed by atoms with E-state index in [9.17, 15) is 26.4 Å². The number of sulfonamides is 1. The molecule has 0 radical (unpaired) electrons. The zero-order chi connectivity index (χ0) is 27.5. The first-order valence-corrected chi connectivity index (χ1v) is 14.1. The van der Waals surface area contributed by atoms with Gasteiger partial charge in [-0.3, -0.25) is 4.79 Å². The fourth-order valence-corrected chi connectivity index (χ4v) is 6.01. The lowest BCUT2D eigenvalue weighted by atomic mass is 9.85. The number of carbonyl (C=O) groups excluding carboxylic acids is 1. The van der Waals surface area contributed by atoms with Crippen LogP contribution in [0.2, 0.25) is 0 Å². The second-order valence-corrected chi connectivity index (χ2v) is 11.7. The van der Waals surface area contributed by atoms with E-state index in [1.54, 1.807) is 36.4 Å². The summed E-state index contributed by atoms with van der Waals surface area (Å²) in [7, 11) is -3.76. The number of amides is 1. The molecule has 1 aliphatic rings. The number of halogens is 3. The SMILES string of the molecule is C[C@@H](NC(=O)C1CCC(NS(=O)(=O)c2ccc(-c3ccc(C(C)(F)F)cc3)cc2)CC1)c1ccc(F)cc1. The summed E-state index contributed by atoms with van der Waals surface area (Å²) < 4.78 is 68.7. The Morgan fingerprint density at radius 1 is 0.868 bits per heavy atom. The molecule has 0 bridgehead atoms. The maximum atomic E-state index is 13.4. The Kier molecular flexibility index (Phi) is 8.28. The summed E-state index contributed by atoms with van der Waals surface area (Å²) in [6.45, 7) is 2.68. The smallest absolute Gasteiger partial charge is 0.270 e. The minimum Gasteiger partial charge on any atom is -0.349 e. The van der Waals surface area contributed by atoms with Crippen molar-refractivity contribution in [1.82, 2.24) is 10.0 Å². The molecule has 0 heterocycles. The first-order chi connectivity index (χ1) is 17.9. The molecule has 4 rings (SSSR count). The summed E-state index contributed by atoms with van der Waals surface area (Å²) in [5.74, 6) is -3.56. The van der Waals surface area contributed by atoms with Crippen LogP contribution in [0.5, 0.6) is 0 Å². The molecule has 1 aliphatic carbocycles. The zero-order valence-electron chi connectivity index (χ0n) is 21.3. The van der Waals surface area contributed by atoms with Crippen molar-refractivity contribution in [2.45, 2.75) is 62.4 Å². The average Bonchev–Trinajstić information content (AvgIpc) is 2.89. The highest BCUT2D eigenvalue weighted by atomic mass is 32.2. The Labute approximate surface area is 221 Å². The van der Waals surface area contributed by atoms with E-state index in [1.807, 2.05) is 6.92 Å². The van der Waals surface area contributed by atoms with Gasteiger partial charge >= 0.3 is 0 Å². The maximum Gasteiger partial charge on any atom is 0.270 e. The van der Waals surface area contributed by atoms with Gasteiger partial charge in [0.15, 0.2) is 0 Å². The third kappa shape index (κ3) is 6.82. The molecule has 3 aromatic carbocycles. The van der Waals surface area contributed by atoms with E-state index < -0.39 is 15.9 Å². The number of nitrogens with one attached hydrogen (secondary N) is 2. The van der Waals surface area contributed by atoms with E-state index in [0.717, 1.165) is 18.1 Å². The van der Waals surface area contributed by atoms with Crippen molar-refractivity contribution in [3.05, 3.63) is 89.7 Å². The van der Waals surface area contributed by atoms with Crippen molar-refractivity contribution in [2.24, 2.45) is 5.92 Å². The molecule has 0 aliphatic heterocycles. The number of alkyl halides is 2. The molecule has 0 aromatic heterocycles. The average molecular weight is 545 g/mol. The Hall–Kier alpha value is -3.17. The lowest BCUT2D eigenvalue weighted by Crippen LogP contribution is -2.41. The molecule has 202 valence electrons. The molecule has 5 nitrogen and oxygen atoms in total. The van der Waals surface area contributed by atoms with Crippen LogP contribution in [0.3, 0.4) is 0 Å². The number of hydrogen-bond acceptors (Lipinski definition) is 3. The second kappa shape index (κ2) is 11.3. The molecule has 2 N–H and O–H groups in total. The molecule has 1 atom stereocenters. The van der Waals surface area contributed by atoms with Crippen LogP contribution in [-0.4, -0.2) is 20.4 Å². The molecule has 0 unspecified atom stereocenters. The van der Waals surface area contributed by atoms with Gasteiger partial charge in [0, 0.05) is 24.4 Å². The number of benzene rings is 3. The predicted octanol–water partition coefficient (Wildman–Crippen LogP) is 6.32. The lowest BCUT2D eigenvalue weighted by Gasteiger charge is -2.29. The van der Waals surface area contributed by atoms with Gasteiger partial charge in [-0.2, -0.15) is 0 Å². The van der Waals surface area contributed by atoms with Gasteiger partial charge in [-0.15, -0.1) is 0 Å². The van der Waals surface area contributed by atoms with Crippen LogP contribution in [0.25, 0.3) is 11.1 Å². The summed E-state index contributed by atoms with van der Waals surface area (Å²) in [5.41, 5.74) is 2.16. The third-order valence-electron chi connectivity index (χ3n) is 7.04. The maximum absolute atomic E-state index is 13.4. The normalized spacial score (nSPS) is 19.1. The Bertz CT molecular complexity index is 1350. The fourth-order valence-electron chi connectivity index (χ4n) is 4.71.